The Kier molecular flexibility index (Phi) is 4.48. The highest BCUT2D eigenvalue weighted by atomic mass is 35.5. The first-order valence-electron chi connectivity index (χ1n) is 5.67. The summed E-state index contributed by atoms with van der Waals surface area (Å²) in [5, 5.41) is 0.674. The molecule has 106 valence electrons. The molecule has 2 N–H and O–H groups in total. The Morgan fingerprint density at radius 3 is 2.35 bits per heavy atom. The lowest BCUT2D eigenvalue weighted by atomic mass is 9.99. The number of benzene rings is 2. The first-order chi connectivity index (χ1) is 9.43. The Balaban J connectivity index is 2.45. The molecular weight excluding hydrogens is 307 g/mol. The normalized spacial score (nSPS) is 12.3. The topological polar surface area (TPSA) is 35.2 Å². The van der Waals surface area contributed by atoms with Crippen molar-refractivity contribution < 1.29 is 13.5 Å². The average Bonchev–Trinajstić information content (AvgIpc) is 2.43. The van der Waals surface area contributed by atoms with E-state index in [1.54, 1.807) is 6.07 Å². The Morgan fingerprint density at radius 1 is 1.05 bits per heavy atom. The quantitative estimate of drug-likeness (QED) is 0.914. The molecule has 2 rings (SSSR count). The molecular formula is C14H11Cl2F2NO. The fourth-order valence-corrected chi connectivity index (χ4v) is 2.34. The molecule has 0 bridgehead atoms. The van der Waals surface area contributed by atoms with Gasteiger partial charge < -0.3 is 10.5 Å². The molecule has 0 aliphatic heterocycles. The summed E-state index contributed by atoms with van der Waals surface area (Å²) in [5.41, 5.74) is 6.92. The van der Waals surface area contributed by atoms with Gasteiger partial charge in [-0.2, -0.15) is 0 Å². The van der Waals surface area contributed by atoms with Crippen LogP contribution in [-0.4, -0.2) is 7.11 Å². The monoisotopic (exact) mass is 317 g/mol. The third-order valence-corrected chi connectivity index (χ3v) is 3.53. The molecule has 1 unspecified atom stereocenters. The lowest BCUT2D eigenvalue weighted by molar-refractivity contribution is 0.415. The maximum absolute atomic E-state index is 13.2. The zero-order chi connectivity index (χ0) is 14.9. The van der Waals surface area contributed by atoms with Gasteiger partial charge in [0.15, 0.2) is 11.6 Å². The molecule has 0 saturated heterocycles. The van der Waals surface area contributed by atoms with E-state index >= 15 is 0 Å². The fourth-order valence-electron chi connectivity index (χ4n) is 1.82. The fraction of sp³-hybridized carbons (Fsp3) is 0.143. The average molecular weight is 318 g/mol. The number of nitrogens with two attached hydrogens (primary N) is 1. The third-order valence-electron chi connectivity index (χ3n) is 2.91. The van der Waals surface area contributed by atoms with Crippen LogP contribution in [0.3, 0.4) is 0 Å². The van der Waals surface area contributed by atoms with Gasteiger partial charge in [-0.15, -0.1) is 0 Å². The van der Waals surface area contributed by atoms with E-state index < -0.39 is 17.7 Å². The van der Waals surface area contributed by atoms with Crippen molar-refractivity contribution in [3.63, 3.8) is 0 Å². The van der Waals surface area contributed by atoms with Crippen LogP contribution in [0.15, 0.2) is 30.3 Å². The standard InChI is InChI=1S/C14H11Cl2F2NO/c1-20-13-6-9(15)8(5-10(13)16)14(19)7-2-3-11(17)12(18)4-7/h2-6,14H,19H2,1H3. The summed E-state index contributed by atoms with van der Waals surface area (Å²) in [6.07, 6.45) is 0. The molecule has 20 heavy (non-hydrogen) atoms. The molecule has 0 aliphatic carbocycles. The van der Waals surface area contributed by atoms with E-state index in [2.05, 4.69) is 0 Å². The van der Waals surface area contributed by atoms with Crippen LogP contribution < -0.4 is 10.5 Å². The van der Waals surface area contributed by atoms with Crippen LogP contribution in [0.2, 0.25) is 10.0 Å². The van der Waals surface area contributed by atoms with Crippen molar-refractivity contribution in [3.8, 4) is 5.75 Å². The summed E-state index contributed by atoms with van der Waals surface area (Å²) in [6, 6.07) is 5.81. The Bertz CT molecular complexity index is 649. The summed E-state index contributed by atoms with van der Waals surface area (Å²) < 4.78 is 31.2. The second-order valence-electron chi connectivity index (χ2n) is 4.16. The predicted molar refractivity (Wildman–Crippen MR) is 75.4 cm³/mol. The molecule has 0 spiro atoms. The lowest BCUT2D eigenvalue weighted by Crippen LogP contribution is -2.13. The second-order valence-corrected chi connectivity index (χ2v) is 4.97. The molecule has 0 saturated carbocycles. The zero-order valence-corrected chi connectivity index (χ0v) is 12.0. The number of methoxy groups -OCH3 is 1. The highest BCUT2D eigenvalue weighted by molar-refractivity contribution is 6.34. The van der Waals surface area contributed by atoms with E-state index in [9.17, 15) is 8.78 Å². The maximum Gasteiger partial charge on any atom is 0.159 e. The number of ether oxygens (including phenoxy) is 1. The van der Waals surface area contributed by atoms with E-state index in [0.717, 1.165) is 12.1 Å². The molecule has 0 amide bonds. The molecule has 2 aromatic rings. The van der Waals surface area contributed by atoms with Crippen LogP contribution in [0.25, 0.3) is 0 Å². The molecule has 0 aromatic heterocycles. The van der Waals surface area contributed by atoms with Gasteiger partial charge in [0.05, 0.1) is 18.2 Å². The largest absolute Gasteiger partial charge is 0.495 e. The van der Waals surface area contributed by atoms with Crippen molar-refractivity contribution in [2.45, 2.75) is 6.04 Å². The minimum absolute atomic E-state index is 0.337. The minimum Gasteiger partial charge on any atom is -0.495 e. The van der Waals surface area contributed by atoms with Crippen molar-refractivity contribution in [2.24, 2.45) is 5.73 Å². The van der Waals surface area contributed by atoms with Crippen molar-refractivity contribution in [3.05, 3.63) is 63.1 Å². The zero-order valence-electron chi connectivity index (χ0n) is 10.5. The van der Waals surface area contributed by atoms with Crippen molar-refractivity contribution in [2.75, 3.05) is 7.11 Å². The third kappa shape index (κ3) is 2.87. The van der Waals surface area contributed by atoms with E-state index in [0.29, 0.717) is 26.9 Å². The van der Waals surface area contributed by atoms with Crippen molar-refractivity contribution in [1.29, 1.82) is 0 Å². The first kappa shape index (κ1) is 15.0. The van der Waals surface area contributed by atoms with Gasteiger partial charge in [0.1, 0.15) is 5.75 Å². The Hall–Kier alpha value is -1.36. The van der Waals surface area contributed by atoms with Crippen LogP contribution in [0.4, 0.5) is 8.78 Å². The number of rotatable bonds is 3. The van der Waals surface area contributed by atoms with Gasteiger partial charge in [-0.05, 0) is 29.3 Å². The molecule has 0 heterocycles. The summed E-state index contributed by atoms with van der Waals surface area (Å²) >= 11 is 12.1. The van der Waals surface area contributed by atoms with Crippen LogP contribution in [0.1, 0.15) is 17.2 Å². The number of halogens is 4. The van der Waals surface area contributed by atoms with Crippen LogP contribution in [0, 0.1) is 11.6 Å². The number of hydrogen-bond acceptors (Lipinski definition) is 2. The smallest absolute Gasteiger partial charge is 0.159 e. The summed E-state index contributed by atoms with van der Waals surface area (Å²) in [6.45, 7) is 0. The van der Waals surface area contributed by atoms with E-state index in [1.807, 2.05) is 0 Å². The SMILES string of the molecule is COc1cc(Cl)c(C(N)c2ccc(F)c(F)c2)cc1Cl. The molecule has 1 atom stereocenters. The Labute approximate surface area is 125 Å². The summed E-state index contributed by atoms with van der Waals surface area (Å²) in [7, 11) is 1.46. The van der Waals surface area contributed by atoms with Crippen LogP contribution in [0.5, 0.6) is 5.75 Å². The highest BCUT2D eigenvalue weighted by Crippen LogP contribution is 2.35. The molecule has 0 aliphatic rings. The van der Waals surface area contributed by atoms with E-state index in [4.69, 9.17) is 33.7 Å². The van der Waals surface area contributed by atoms with Crippen molar-refractivity contribution in [1.82, 2.24) is 0 Å². The maximum atomic E-state index is 13.2. The van der Waals surface area contributed by atoms with Gasteiger partial charge in [0.25, 0.3) is 0 Å². The molecule has 0 radical (unpaired) electrons. The van der Waals surface area contributed by atoms with Crippen LogP contribution >= 0.6 is 23.2 Å². The van der Waals surface area contributed by atoms with Gasteiger partial charge in [-0.1, -0.05) is 29.3 Å². The van der Waals surface area contributed by atoms with Gasteiger partial charge in [0.2, 0.25) is 0 Å². The highest BCUT2D eigenvalue weighted by Gasteiger charge is 2.17. The number of hydrogen-bond donors (Lipinski definition) is 1. The molecule has 2 aromatic carbocycles. The molecule has 6 heteroatoms. The van der Waals surface area contributed by atoms with E-state index in [1.165, 1.54) is 19.2 Å². The first-order valence-corrected chi connectivity index (χ1v) is 6.43. The van der Waals surface area contributed by atoms with Crippen LogP contribution in [-0.2, 0) is 0 Å². The predicted octanol–water partition coefficient (Wildman–Crippen LogP) is 4.33. The van der Waals surface area contributed by atoms with Gasteiger partial charge >= 0.3 is 0 Å². The summed E-state index contributed by atoms with van der Waals surface area (Å²) in [4.78, 5) is 0. The minimum atomic E-state index is -0.964. The second kappa shape index (κ2) is 5.95. The molecule has 0 fully saturated rings. The van der Waals surface area contributed by atoms with Gasteiger partial charge in [0, 0.05) is 11.1 Å². The summed E-state index contributed by atoms with van der Waals surface area (Å²) in [5.74, 6) is -1.48. The van der Waals surface area contributed by atoms with E-state index in [-0.39, 0.29) is 0 Å². The van der Waals surface area contributed by atoms with Gasteiger partial charge in [-0.25, -0.2) is 8.78 Å². The molecule has 2 nitrogen and oxygen atoms in total. The Morgan fingerprint density at radius 2 is 1.75 bits per heavy atom. The van der Waals surface area contributed by atoms with Gasteiger partial charge in [-0.3, -0.25) is 0 Å². The van der Waals surface area contributed by atoms with Crippen molar-refractivity contribution >= 4 is 23.2 Å². The lowest BCUT2D eigenvalue weighted by Gasteiger charge is -2.16.